The molecular formula is C6H3F3NNaO2S. The summed E-state index contributed by atoms with van der Waals surface area (Å²) in [5.74, 6) is 0. The van der Waals surface area contributed by atoms with Crippen LogP contribution in [0.2, 0.25) is 0 Å². The van der Waals surface area contributed by atoms with Gasteiger partial charge in [-0.3, -0.25) is 9.19 Å². The number of aromatic nitrogens is 1. The second-order valence-corrected chi connectivity index (χ2v) is 3.05. The van der Waals surface area contributed by atoms with Crippen molar-refractivity contribution in [1.82, 2.24) is 4.98 Å². The van der Waals surface area contributed by atoms with E-state index in [0.717, 1.165) is 6.07 Å². The monoisotopic (exact) mass is 233 g/mol. The van der Waals surface area contributed by atoms with Crippen molar-refractivity contribution in [3.63, 3.8) is 0 Å². The second kappa shape index (κ2) is 5.22. The summed E-state index contributed by atoms with van der Waals surface area (Å²) < 4.78 is 56.2. The molecule has 14 heavy (non-hydrogen) atoms. The minimum Gasteiger partial charge on any atom is -0.768 e. The molecule has 0 radical (unpaired) electrons. The molecule has 0 amide bonds. The summed E-state index contributed by atoms with van der Waals surface area (Å²) in [5.41, 5.74) is -1.11. The van der Waals surface area contributed by atoms with E-state index in [9.17, 15) is 21.9 Å². The van der Waals surface area contributed by atoms with Gasteiger partial charge in [0.05, 0.1) is 0 Å². The van der Waals surface area contributed by atoms with Crippen molar-refractivity contribution in [3.8, 4) is 0 Å². The number of pyridine rings is 1. The van der Waals surface area contributed by atoms with Crippen LogP contribution in [0.3, 0.4) is 0 Å². The normalized spacial score (nSPS) is 13.1. The van der Waals surface area contributed by atoms with Crippen molar-refractivity contribution in [3.05, 3.63) is 24.0 Å². The molecule has 1 atom stereocenters. The molecule has 0 saturated heterocycles. The fraction of sp³-hybridized carbons (Fsp3) is 0.167. The Morgan fingerprint density at radius 2 is 1.93 bits per heavy atom. The van der Waals surface area contributed by atoms with E-state index in [0.29, 0.717) is 12.3 Å². The summed E-state index contributed by atoms with van der Waals surface area (Å²) in [5, 5.41) is 0. The van der Waals surface area contributed by atoms with Crippen molar-refractivity contribution in [2.45, 2.75) is 11.1 Å². The molecular weight excluding hydrogens is 230 g/mol. The van der Waals surface area contributed by atoms with Gasteiger partial charge in [0.1, 0.15) is 5.69 Å². The quantitative estimate of drug-likeness (QED) is 0.431. The summed E-state index contributed by atoms with van der Waals surface area (Å²) in [6, 6.07) is 1.46. The molecule has 72 valence electrons. The van der Waals surface area contributed by atoms with E-state index in [1.807, 2.05) is 0 Å². The van der Waals surface area contributed by atoms with Crippen LogP contribution in [0.1, 0.15) is 5.69 Å². The molecule has 1 unspecified atom stereocenters. The molecule has 1 aromatic rings. The van der Waals surface area contributed by atoms with Crippen molar-refractivity contribution in [2.24, 2.45) is 0 Å². The van der Waals surface area contributed by atoms with Crippen molar-refractivity contribution < 1.29 is 51.5 Å². The Morgan fingerprint density at radius 3 is 2.21 bits per heavy atom. The number of alkyl halides is 3. The number of nitrogens with zero attached hydrogens (tertiary/aromatic N) is 1. The Balaban J connectivity index is 0.00000169. The smallest absolute Gasteiger partial charge is 0.768 e. The Bertz CT molecular complexity index is 327. The molecule has 0 aliphatic rings. The summed E-state index contributed by atoms with van der Waals surface area (Å²) in [6.07, 6.45) is -3.88. The molecule has 0 aromatic carbocycles. The molecule has 0 aliphatic heterocycles. The standard InChI is InChI=1S/C6H4F3NO2S.Na/c7-6(8,9)5-2-1-4(3-10-5)13(11)12;/h1-3H,(H,11,12);/q;+1/p-1. The zero-order valence-electron chi connectivity index (χ0n) is 7.04. The first-order valence-corrected chi connectivity index (χ1v) is 4.11. The van der Waals surface area contributed by atoms with Crippen LogP contribution in [0, 0.1) is 0 Å². The van der Waals surface area contributed by atoms with Gasteiger partial charge < -0.3 is 4.55 Å². The average Bonchev–Trinajstić information content (AvgIpc) is 2.03. The maximum atomic E-state index is 11.9. The molecule has 0 fully saturated rings. The predicted octanol–water partition coefficient (Wildman–Crippen LogP) is -1.66. The molecule has 1 aromatic heterocycles. The molecule has 0 N–H and O–H groups in total. The maximum absolute atomic E-state index is 11.9. The van der Waals surface area contributed by atoms with Crippen LogP contribution in [0.25, 0.3) is 0 Å². The van der Waals surface area contributed by atoms with E-state index in [1.54, 1.807) is 0 Å². The first kappa shape index (κ1) is 14.1. The first-order valence-electron chi connectivity index (χ1n) is 3.04. The Hall–Kier alpha value is 0.0500. The molecule has 8 heteroatoms. The number of hydrogen-bond acceptors (Lipinski definition) is 3. The zero-order valence-corrected chi connectivity index (χ0v) is 9.85. The van der Waals surface area contributed by atoms with E-state index in [4.69, 9.17) is 0 Å². The molecule has 0 spiro atoms. The third-order valence-corrected chi connectivity index (χ3v) is 1.85. The van der Waals surface area contributed by atoms with Crippen LogP contribution in [-0.4, -0.2) is 13.7 Å². The van der Waals surface area contributed by atoms with Gasteiger partial charge in [-0.2, -0.15) is 13.2 Å². The zero-order chi connectivity index (χ0) is 10.1. The van der Waals surface area contributed by atoms with Gasteiger partial charge in [0.25, 0.3) is 0 Å². The van der Waals surface area contributed by atoms with Crippen molar-refractivity contribution in [1.29, 1.82) is 0 Å². The second-order valence-electron chi connectivity index (χ2n) is 2.11. The van der Waals surface area contributed by atoms with E-state index >= 15 is 0 Å². The molecule has 1 heterocycles. The van der Waals surface area contributed by atoms with Crippen molar-refractivity contribution in [2.75, 3.05) is 0 Å². The minimum absolute atomic E-state index is 0. The molecule has 3 nitrogen and oxygen atoms in total. The van der Waals surface area contributed by atoms with Crippen molar-refractivity contribution >= 4 is 11.1 Å². The van der Waals surface area contributed by atoms with E-state index in [1.165, 1.54) is 0 Å². The van der Waals surface area contributed by atoms with Crippen LogP contribution < -0.4 is 29.6 Å². The Morgan fingerprint density at radius 1 is 1.36 bits per heavy atom. The van der Waals surface area contributed by atoms with Gasteiger partial charge in [0.15, 0.2) is 0 Å². The van der Waals surface area contributed by atoms with Crippen LogP contribution in [0.4, 0.5) is 13.2 Å². The van der Waals surface area contributed by atoms with Gasteiger partial charge in [0.2, 0.25) is 0 Å². The largest absolute Gasteiger partial charge is 1.00 e. The van der Waals surface area contributed by atoms with E-state index in [2.05, 4.69) is 4.98 Å². The fourth-order valence-corrected chi connectivity index (χ4v) is 0.964. The SMILES string of the molecule is O=S([O-])c1ccc(C(F)(F)F)nc1.[Na+]. The fourth-order valence-electron chi connectivity index (χ4n) is 0.647. The summed E-state index contributed by atoms with van der Waals surface area (Å²) in [7, 11) is 0. The summed E-state index contributed by atoms with van der Waals surface area (Å²) >= 11 is -2.54. The number of hydrogen-bond donors (Lipinski definition) is 0. The number of rotatable bonds is 1. The summed E-state index contributed by atoms with van der Waals surface area (Å²) in [6.45, 7) is 0. The van der Waals surface area contributed by atoms with Gasteiger partial charge in [-0.15, -0.1) is 0 Å². The van der Waals surface area contributed by atoms with Gasteiger partial charge >= 0.3 is 35.7 Å². The summed E-state index contributed by atoms with van der Waals surface area (Å²) in [4.78, 5) is 2.68. The Labute approximate surface area is 102 Å². The van der Waals surface area contributed by atoms with Crippen LogP contribution >= 0.6 is 0 Å². The molecule has 0 bridgehead atoms. The van der Waals surface area contributed by atoms with Gasteiger partial charge in [-0.05, 0) is 23.2 Å². The van der Waals surface area contributed by atoms with Gasteiger partial charge in [-0.1, -0.05) is 0 Å². The molecule has 1 rings (SSSR count). The third kappa shape index (κ3) is 3.66. The van der Waals surface area contributed by atoms with Crippen LogP contribution in [-0.2, 0) is 17.3 Å². The maximum Gasteiger partial charge on any atom is 1.00 e. The molecule has 0 aliphatic carbocycles. The number of halogens is 3. The average molecular weight is 233 g/mol. The van der Waals surface area contributed by atoms with E-state index in [-0.39, 0.29) is 34.5 Å². The van der Waals surface area contributed by atoms with Crippen LogP contribution in [0.5, 0.6) is 0 Å². The van der Waals surface area contributed by atoms with Gasteiger partial charge in [-0.25, -0.2) is 0 Å². The topological polar surface area (TPSA) is 53.0 Å². The van der Waals surface area contributed by atoms with Gasteiger partial charge in [0, 0.05) is 11.1 Å². The molecule has 0 saturated carbocycles. The minimum atomic E-state index is -4.54. The van der Waals surface area contributed by atoms with E-state index < -0.39 is 23.0 Å². The van der Waals surface area contributed by atoms with Crippen LogP contribution in [0.15, 0.2) is 23.2 Å². The Kier molecular flexibility index (Phi) is 5.24. The predicted molar refractivity (Wildman–Crippen MR) is 36.4 cm³/mol. The third-order valence-electron chi connectivity index (χ3n) is 1.22. The first-order chi connectivity index (χ1) is 5.91.